The summed E-state index contributed by atoms with van der Waals surface area (Å²) in [6, 6.07) is 12.3. The Labute approximate surface area is 231 Å². The van der Waals surface area contributed by atoms with Gasteiger partial charge in [-0.1, -0.05) is 44.0 Å². The van der Waals surface area contributed by atoms with E-state index in [1.165, 1.54) is 0 Å². The molecule has 1 aliphatic heterocycles. The Morgan fingerprint density at radius 3 is 2.44 bits per heavy atom. The van der Waals surface area contributed by atoms with Crippen molar-refractivity contribution in [2.24, 2.45) is 11.3 Å². The van der Waals surface area contributed by atoms with Gasteiger partial charge in [-0.3, -0.25) is 14.6 Å². The highest BCUT2D eigenvalue weighted by molar-refractivity contribution is 5.83. The average Bonchev–Trinajstić information content (AvgIpc) is 3.45. The molecule has 2 fully saturated rings. The summed E-state index contributed by atoms with van der Waals surface area (Å²) in [6.07, 6.45) is 13.6. The zero-order valence-electron chi connectivity index (χ0n) is 23.3. The molecule has 3 aromatic rings. The van der Waals surface area contributed by atoms with E-state index in [1.54, 1.807) is 12.4 Å². The fourth-order valence-corrected chi connectivity index (χ4v) is 5.96. The second-order valence-corrected chi connectivity index (χ2v) is 11.5. The molecule has 1 saturated carbocycles. The van der Waals surface area contributed by atoms with Gasteiger partial charge in [0.25, 0.3) is 0 Å². The molecule has 2 atom stereocenters. The molecule has 1 aliphatic carbocycles. The quantitative estimate of drug-likeness (QED) is 0.284. The predicted octanol–water partition coefficient (Wildman–Crippen LogP) is 5.96. The zero-order chi connectivity index (χ0) is 27.2. The van der Waals surface area contributed by atoms with Crippen molar-refractivity contribution in [2.75, 3.05) is 20.1 Å². The number of amides is 1. The summed E-state index contributed by atoms with van der Waals surface area (Å²) in [4.78, 5) is 39.8. The lowest BCUT2D eigenvalue weighted by Crippen LogP contribution is -2.36. The van der Waals surface area contributed by atoms with Crippen molar-refractivity contribution < 1.29 is 9.59 Å². The minimum atomic E-state index is -0.159. The summed E-state index contributed by atoms with van der Waals surface area (Å²) >= 11 is 0. The average molecular weight is 528 g/mol. The maximum Gasteiger partial charge on any atom is 0.224 e. The van der Waals surface area contributed by atoms with Gasteiger partial charge in [-0.05, 0) is 86.5 Å². The predicted molar refractivity (Wildman–Crippen MR) is 154 cm³/mol. The number of nitrogens with one attached hydrogen (secondary N) is 2. The van der Waals surface area contributed by atoms with Crippen LogP contribution in [0.4, 0.5) is 0 Å². The van der Waals surface area contributed by atoms with Crippen molar-refractivity contribution in [3.8, 4) is 22.4 Å². The van der Waals surface area contributed by atoms with Crippen LogP contribution in [-0.2, 0) is 9.59 Å². The van der Waals surface area contributed by atoms with E-state index in [1.807, 2.05) is 25.3 Å². The number of benzene rings is 1. The van der Waals surface area contributed by atoms with Gasteiger partial charge in [0.15, 0.2) is 0 Å². The molecule has 3 heterocycles. The standard InChI is InChI=1S/C32H41N5O2/c1-3-26(38)7-5-4-6-8-28(36-31(39)27-21-32(27)15-19-37(2)20-16-32)30-34-22-29(35-30)25-11-9-23(10-12-25)24-13-17-33-18-14-24/h9-14,17-18,22,27-28H,3-8,15-16,19-21H2,1-2H3,(H,34,35)(H,36,39)/t27-,28+/m1/s1. The second kappa shape index (κ2) is 12.2. The summed E-state index contributed by atoms with van der Waals surface area (Å²) in [5.74, 6) is 1.42. The lowest BCUT2D eigenvalue weighted by atomic mass is 9.91. The molecular formula is C32H41N5O2. The van der Waals surface area contributed by atoms with Crippen LogP contribution in [0.3, 0.4) is 0 Å². The number of imidazole rings is 1. The smallest absolute Gasteiger partial charge is 0.224 e. The molecule has 39 heavy (non-hydrogen) atoms. The summed E-state index contributed by atoms with van der Waals surface area (Å²) in [6.45, 7) is 4.07. The molecule has 2 N–H and O–H groups in total. The van der Waals surface area contributed by atoms with Gasteiger partial charge in [0.1, 0.15) is 11.6 Å². The number of Topliss-reactive ketones (excluding diaryl/α,β-unsaturated/α-hetero) is 1. The SMILES string of the molecule is CCC(=O)CCCCC[C@H](NC(=O)[C@H]1CC12CCN(C)CC2)c1ncc(-c2ccc(-c3ccncc3)cc2)[nH]1. The molecule has 2 aromatic heterocycles. The number of aromatic nitrogens is 3. The number of carbonyl (C=O) groups excluding carboxylic acids is 2. The summed E-state index contributed by atoms with van der Waals surface area (Å²) < 4.78 is 0. The van der Waals surface area contributed by atoms with Gasteiger partial charge in [-0.25, -0.2) is 4.98 Å². The first-order chi connectivity index (χ1) is 19.0. The molecule has 1 aromatic carbocycles. The fourth-order valence-electron chi connectivity index (χ4n) is 5.96. The Bertz CT molecular complexity index is 1250. The second-order valence-electron chi connectivity index (χ2n) is 11.5. The molecular weight excluding hydrogens is 486 g/mol. The van der Waals surface area contributed by atoms with Crippen LogP contribution in [0.5, 0.6) is 0 Å². The summed E-state index contributed by atoms with van der Waals surface area (Å²) in [5, 5.41) is 3.37. The minimum absolute atomic E-state index is 0.117. The normalized spacial score (nSPS) is 19.1. The molecule has 0 unspecified atom stereocenters. The van der Waals surface area contributed by atoms with Crippen molar-refractivity contribution in [3.05, 3.63) is 60.8 Å². The number of ketones is 1. The van der Waals surface area contributed by atoms with Crippen LogP contribution in [0.2, 0.25) is 0 Å². The minimum Gasteiger partial charge on any atom is -0.346 e. The molecule has 7 heteroatoms. The first kappa shape index (κ1) is 27.3. The summed E-state index contributed by atoms with van der Waals surface area (Å²) in [7, 11) is 2.16. The molecule has 1 saturated heterocycles. The van der Waals surface area contributed by atoms with Crippen LogP contribution < -0.4 is 5.32 Å². The van der Waals surface area contributed by atoms with Crippen LogP contribution >= 0.6 is 0 Å². The molecule has 0 radical (unpaired) electrons. The number of hydrogen-bond acceptors (Lipinski definition) is 5. The molecule has 1 spiro atoms. The summed E-state index contributed by atoms with van der Waals surface area (Å²) in [5.41, 5.74) is 4.47. The van der Waals surface area contributed by atoms with Crippen LogP contribution in [0, 0.1) is 11.3 Å². The first-order valence-corrected chi connectivity index (χ1v) is 14.5. The van der Waals surface area contributed by atoms with Crippen LogP contribution in [0.15, 0.2) is 55.0 Å². The molecule has 7 nitrogen and oxygen atoms in total. The Balaban J connectivity index is 1.25. The topological polar surface area (TPSA) is 91.0 Å². The van der Waals surface area contributed by atoms with E-state index in [-0.39, 0.29) is 23.3 Å². The zero-order valence-corrected chi connectivity index (χ0v) is 23.3. The number of unbranched alkanes of at least 4 members (excludes halogenated alkanes) is 2. The van der Waals surface area contributed by atoms with Gasteiger partial charge in [0.2, 0.25) is 5.91 Å². The maximum atomic E-state index is 13.4. The Morgan fingerprint density at radius 1 is 1.03 bits per heavy atom. The van der Waals surface area contributed by atoms with Crippen molar-refractivity contribution in [1.82, 2.24) is 25.2 Å². The first-order valence-electron chi connectivity index (χ1n) is 14.5. The molecule has 5 rings (SSSR count). The third kappa shape index (κ3) is 6.64. The van der Waals surface area contributed by atoms with E-state index in [0.717, 1.165) is 86.2 Å². The van der Waals surface area contributed by atoms with Gasteiger partial charge in [0.05, 0.1) is 17.9 Å². The van der Waals surface area contributed by atoms with Gasteiger partial charge < -0.3 is 15.2 Å². The number of rotatable bonds is 12. The number of H-pyrrole nitrogens is 1. The van der Waals surface area contributed by atoms with E-state index < -0.39 is 0 Å². The number of likely N-dealkylation sites (tertiary alicyclic amines) is 1. The largest absolute Gasteiger partial charge is 0.346 e. The monoisotopic (exact) mass is 527 g/mol. The van der Waals surface area contributed by atoms with E-state index >= 15 is 0 Å². The highest BCUT2D eigenvalue weighted by atomic mass is 16.2. The Hall–Kier alpha value is -3.32. The van der Waals surface area contributed by atoms with E-state index in [4.69, 9.17) is 4.98 Å². The van der Waals surface area contributed by atoms with Crippen molar-refractivity contribution in [2.45, 2.75) is 70.8 Å². The number of piperidine rings is 1. The lowest BCUT2D eigenvalue weighted by molar-refractivity contribution is -0.124. The third-order valence-electron chi connectivity index (χ3n) is 8.78. The van der Waals surface area contributed by atoms with Gasteiger partial charge in [-0.15, -0.1) is 0 Å². The van der Waals surface area contributed by atoms with E-state index in [0.29, 0.717) is 18.6 Å². The Morgan fingerprint density at radius 2 is 1.72 bits per heavy atom. The number of hydrogen-bond donors (Lipinski definition) is 2. The van der Waals surface area contributed by atoms with Crippen LogP contribution in [-0.4, -0.2) is 51.7 Å². The van der Waals surface area contributed by atoms with Gasteiger partial charge in [0, 0.05) is 31.2 Å². The van der Waals surface area contributed by atoms with Crippen molar-refractivity contribution in [1.29, 1.82) is 0 Å². The molecule has 2 aliphatic rings. The number of nitrogens with zero attached hydrogens (tertiary/aromatic N) is 3. The number of carbonyl (C=O) groups is 2. The molecule has 1 amide bonds. The van der Waals surface area contributed by atoms with E-state index in [9.17, 15) is 9.59 Å². The van der Waals surface area contributed by atoms with Crippen LogP contribution in [0.1, 0.15) is 76.6 Å². The third-order valence-corrected chi connectivity index (χ3v) is 8.78. The lowest BCUT2D eigenvalue weighted by Gasteiger charge is -2.30. The number of aromatic amines is 1. The Kier molecular flexibility index (Phi) is 8.56. The highest BCUT2D eigenvalue weighted by Crippen LogP contribution is 2.59. The van der Waals surface area contributed by atoms with Gasteiger partial charge >= 0.3 is 0 Å². The number of pyridine rings is 1. The maximum absolute atomic E-state index is 13.4. The van der Waals surface area contributed by atoms with Crippen molar-refractivity contribution in [3.63, 3.8) is 0 Å². The van der Waals surface area contributed by atoms with Crippen LogP contribution in [0.25, 0.3) is 22.4 Å². The van der Waals surface area contributed by atoms with Gasteiger partial charge in [-0.2, -0.15) is 0 Å². The molecule has 206 valence electrons. The highest BCUT2D eigenvalue weighted by Gasteiger charge is 2.58. The van der Waals surface area contributed by atoms with E-state index in [2.05, 4.69) is 51.5 Å². The fraction of sp³-hybridized carbons (Fsp3) is 0.500. The van der Waals surface area contributed by atoms with Crippen molar-refractivity contribution >= 4 is 11.7 Å². The molecule has 0 bridgehead atoms.